The van der Waals surface area contributed by atoms with Crippen LogP contribution in [0.15, 0.2) is 35.3 Å². The van der Waals surface area contributed by atoms with Crippen molar-refractivity contribution in [2.24, 2.45) is 0 Å². The summed E-state index contributed by atoms with van der Waals surface area (Å²) >= 11 is 1.77. The third-order valence-electron chi connectivity index (χ3n) is 4.71. The molecule has 2 aliphatic heterocycles. The molecule has 6 heteroatoms. The number of rotatable bonds is 4. The average molecular weight is 330 g/mol. The van der Waals surface area contributed by atoms with Crippen molar-refractivity contribution in [1.82, 2.24) is 14.9 Å². The summed E-state index contributed by atoms with van der Waals surface area (Å²) < 4.78 is 6.26. The molecule has 2 aromatic rings. The molecule has 2 atom stereocenters. The third-order valence-corrected chi connectivity index (χ3v) is 5.44. The Kier molecular flexibility index (Phi) is 4.29. The van der Waals surface area contributed by atoms with Crippen molar-refractivity contribution >= 4 is 17.3 Å². The van der Waals surface area contributed by atoms with Crippen LogP contribution in [-0.2, 0) is 11.3 Å². The summed E-state index contributed by atoms with van der Waals surface area (Å²) in [5.41, 5.74) is 1.41. The number of hydrogen-bond acceptors (Lipinski definition) is 6. The molecule has 5 nitrogen and oxygen atoms in total. The Labute approximate surface area is 140 Å². The highest BCUT2D eigenvalue weighted by atomic mass is 32.1. The molecule has 4 rings (SSSR count). The van der Waals surface area contributed by atoms with Crippen LogP contribution in [0.1, 0.15) is 24.8 Å². The minimum absolute atomic E-state index is 0.000713. The van der Waals surface area contributed by atoms with E-state index in [1.807, 2.05) is 6.07 Å². The number of anilines is 1. The first-order valence-corrected chi connectivity index (χ1v) is 9.17. The van der Waals surface area contributed by atoms with Gasteiger partial charge in [0.05, 0.1) is 18.2 Å². The second kappa shape index (κ2) is 6.55. The molecule has 4 heterocycles. The molecule has 0 saturated carbocycles. The van der Waals surface area contributed by atoms with Gasteiger partial charge < -0.3 is 10.1 Å². The lowest BCUT2D eigenvalue weighted by Gasteiger charge is -2.39. The van der Waals surface area contributed by atoms with Gasteiger partial charge in [0.25, 0.3) is 0 Å². The Morgan fingerprint density at radius 3 is 3.13 bits per heavy atom. The quantitative estimate of drug-likeness (QED) is 0.934. The van der Waals surface area contributed by atoms with Crippen molar-refractivity contribution in [3.63, 3.8) is 0 Å². The highest BCUT2D eigenvalue weighted by Gasteiger charge is 2.43. The highest BCUT2D eigenvalue weighted by molar-refractivity contribution is 7.07. The van der Waals surface area contributed by atoms with Crippen molar-refractivity contribution in [1.29, 1.82) is 0 Å². The molecule has 0 radical (unpaired) electrons. The summed E-state index contributed by atoms with van der Waals surface area (Å²) in [6.45, 7) is 3.97. The number of nitrogens with one attached hydrogen (secondary N) is 1. The summed E-state index contributed by atoms with van der Waals surface area (Å²) in [5.74, 6) is 0.698. The Balaban J connectivity index is 1.37. The van der Waals surface area contributed by atoms with E-state index >= 15 is 0 Å². The summed E-state index contributed by atoms with van der Waals surface area (Å²) in [4.78, 5) is 11.0. The number of thiophene rings is 1. The maximum atomic E-state index is 6.26. The monoisotopic (exact) mass is 330 g/mol. The number of likely N-dealkylation sites (tertiary alicyclic amines) is 1. The predicted octanol–water partition coefficient (Wildman–Crippen LogP) is 2.77. The van der Waals surface area contributed by atoms with Gasteiger partial charge in [-0.2, -0.15) is 11.3 Å². The molecule has 2 aliphatic rings. The summed E-state index contributed by atoms with van der Waals surface area (Å²) in [6.07, 6.45) is 6.93. The van der Waals surface area contributed by atoms with Crippen LogP contribution >= 0.6 is 11.3 Å². The van der Waals surface area contributed by atoms with E-state index in [1.165, 1.54) is 18.5 Å². The van der Waals surface area contributed by atoms with E-state index in [9.17, 15) is 0 Å². The second-order valence-corrected chi connectivity index (χ2v) is 7.34. The predicted molar refractivity (Wildman–Crippen MR) is 91.6 cm³/mol. The average Bonchev–Trinajstić information content (AvgIpc) is 3.19. The van der Waals surface area contributed by atoms with Crippen molar-refractivity contribution < 1.29 is 4.74 Å². The molecule has 122 valence electrons. The molecule has 2 fully saturated rings. The maximum absolute atomic E-state index is 6.26. The maximum Gasteiger partial charge on any atom is 0.222 e. The normalized spacial score (nSPS) is 28.3. The van der Waals surface area contributed by atoms with Gasteiger partial charge in [0.2, 0.25) is 5.95 Å². The molecule has 1 N–H and O–H groups in total. The largest absolute Gasteiger partial charge is 0.371 e. The Bertz CT molecular complexity index is 621. The van der Waals surface area contributed by atoms with Gasteiger partial charge in [-0.25, -0.2) is 9.97 Å². The Hall–Kier alpha value is -1.50. The number of piperidine rings is 1. The van der Waals surface area contributed by atoms with Crippen LogP contribution in [0.25, 0.3) is 0 Å². The summed E-state index contributed by atoms with van der Waals surface area (Å²) in [6, 6.07) is 4.36. The molecule has 1 spiro atoms. The van der Waals surface area contributed by atoms with E-state index in [1.54, 1.807) is 23.7 Å². The van der Waals surface area contributed by atoms with Gasteiger partial charge in [0.1, 0.15) is 0 Å². The van der Waals surface area contributed by atoms with Crippen LogP contribution in [0, 0.1) is 0 Å². The SMILES string of the molecule is c1cnc(N[C@@H]2CO[C@@]3(CCCN(Cc4ccsc4)C3)C2)nc1. The molecular weight excluding hydrogens is 308 g/mol. The van der Waals surface area contributed by atoms with E-state index in [0.717, 1.165) is 32.5 Å². The lowest BCUT2D eigenvalue weighted by atomic mass is 9.88. The van der Waals surface area contributed by atoms with Gasteiger partial charge in [-0.3, -0.25) is 4.90 Å². The molecule has 23 heavy (non-hydrogen) atoms. The molecule has 0 unspecified atom stereocenters. The van der Waals surface area contributed by atoms with Crippen LogP contribution in [0.3, 0.4) is 0 Å². The summed E-state index contributed by atoms with van der Waals surface area (Å²) in [7, 11) is 0. The second-order valence-electron chi connectivity index (χ2n) is 6.56. The fraction of sp³-hybridized carbons (Fsp3) is 0.529. The van der Waals surface area contributed by atoms with E-state index in [0.29, 0.717) is 12.0 Å². The van der Waals surface area contributed by atoms with Crippen LogP contribution in [0.2, 0.25) is 0 Å². The standard InChI is InChI=1S/C17H22N4OS/c1-4-17(13-21(7-1)10-14-3-8-23-12-14)9-15(11-22-17)20-16-18-5-2-6-19-16/h2-3,5-6,8,12,15H,1,4,7,9-11,13H2,(H,18,19,20)/t15-,17-/m0/s1. The van der Waals surface area contributed by atoms with Gasteiger partial charge >= 0.3 is 0 Å². The van der Waals surface area contributed by atoms with Crippen LogP contribution in [0.5, 0.6) is 0 Å². The Morgan fingerprint density at radius 1 is 1.39 bits per heavy atom. The zero-order chi connectivity index (χ0) is 15.5. The van der Waals surface area contributed by atoms with E-state index in [-0.39, 0.29) is 5.60 Å². The van der Waals surface area contributed by atoms with Gasteiger partial charge in [-0.15, -0.1) is 0 Å². The van der Waals surface area contributed by atoms with Crippen molar-refractivity contribution in [3.05, 3.63) is 40.8 Å². The molecule has 2 saturated heterocycles. The van der Waals surface area contributed by atoms with Crippen LogP contribution in [-0.4, -0.2) is 46.2 Å². The topological polar surface area (TPSA) is 50.3 Å². The minimum Gasteiger partial charge on any atom is -0.371 e. The van der Waals surface area contributed by atoms with Crippen molar-refractivity contribution in [2.45, 2.75) is 37.5 Å². The lowest BCUT2D eigenvalue weighted by Crippen LogP contribution is -2.47. The van der Waals surface area contributed by atoms with E-state index < -0.39 is 0 Å². The molecule has 0 aliphatic carbocycles. The number of aromatic nitrogens is 2. The molecule has 0 aromatic carbocycles. The zero-order valence-electron chi connectivity index (χ0n) is 13.1. The molecule has 0 amide bonds. The first-order chi connectivity index (χ1) is 11.3. The Morgan fingerprint density at radius 2 is 2.30 bits per heavy atom. The first-order valence-electron chi connectivity index (χ1n) is 8.22. The van der Waals surface area contributed by atoms with Gasteiger partial charge in [0.15, 0.2) is 0 Å². The van der Waals surface area contributed by atoms with Crippen LogP contribution < -0.4 is 5.32 Å². The zero-order valence-corrected chi connectivity index (χ0v) is 14.0. The fourth-order valence-electron chi connectivity index (χ4n) is 3.74. The van der Waals surface area contributed by atoms with Crippen molar-refractivity contribution in [2.75, 3.05) is 25.0 Å². The smallest absolute Gasteiger partial charge is 0.222 e. The highest BCUT2D eigenvalue weighted by Crippen LogP contribution is 2.36. The molecule has 0 bridgehead atoms. The molecular formula is C17H22N4OS. The first kappa shape index (κ1) is 15.1. The molecule has 2 aromatic heterocycles. The van der Waals surface area contributed by atoms with Gasteiger partial charge in [0, 0.05) is 31.9 Å². The third kappa shape index (κ3) is 3.54. The lowest BCUT2D eigenvalue weighted by molar-refractivity contribution is -0.0532. The van der Waals surface area contributed by atoms with Gasteiger partial charge in [-0.1, -0.05) is 0 Å². The van der Waals surface area contributed by atoms with Gasteiger partial charge in [-0.05, 0) is 47.8 Å². The number of ether oxygens (including phenoxy) is 1. The van der Waals surface area contributed by atoms with Crippen molar-refractivity contribution in [3.8, 4) is 0 Å². The minimum atomic E-state index is 0.000713. The van der Waals surface area contributed by atoms with Crippen LogP contribution in [0.4, 0.5) is 5.95 Å². The number of nitrogens with zero attached hydrogens (tertiary/aromatic N) is 3. The number of hydrogen-bond donors (Lipinski definition) is 1. The fourth-order valence-corrected chi connectivity index (χ4v) is 4.40. The van der Waals surface area contributed by atoms with E-state index in [2.05, 4.69) is 37.0 Å². The summed E-state index contributed by atoms with van der Waals surface area (Å²) in [5, 5.41) is 7.81. The van der Waals surface area contributed by atoms with E-state index in [4.69, 9.17) is 4.74 Å².